The third kappa shape index (κ3) is 6.66. The van der Waals surface area contributed by atoms with E-state index in [1.165, 1.54) is 11.1 Å². The van der Waals surface area contributed by atoms with Crippen LogP contribution in [-0.2, 0) is 16.0 Å². The molecule has 2 amide bonds. The van der Waals surface area contributed by atoms with Crippen LogP contribution in [0.25, 0.3) is 0 Å². The average molecular weight is 422 g/mol. The van der Waals surface area contributed by atoms with E-state index in [-0.39, 0.29) is 11.8 Å². The molecule has 0 unspecified atom stereocenters. The number of hydrogen-bond donors (Lipinski definition) is 2. The molecule has 0 spiro atoms. The fraction of sp³-hybridized carbons (Fsp3) is 0.462. The van der Waals surface area contributed by atoms with E-state index in [1.54, 1.807) is 13.8 Å². The number of aryl methyl sites for hydroxylation is 1. The number of rotatable bonds is 8. The highest BCUT2D eigenvalue weighted by Gasteiger charge is 2.32. The first-order chi connectivity index (χ1) is 14.8. The van der Waals surface area contributed by atoms with Gasteiger partial charge in [-0.2, -0.15) is 0 Å². The van der Waals surface area contributed by atoms with Gasteiger partial charge in [0.1, 0.15) is 6.04 Å². The number of benzene rings is 2. The highest BCUT2D eigenvalue weighted by Crippen LogP contribution is 2.28. The van der Waals surface area contributed by atoms with E-state index in [0.29, 0.717) is 12.3 Å². The molecule has 1 atom stereocenters. The zero-order chi connectivity index (χ0) is 22.3. The summed E-state index contributed by atoms with van der Waals surface area (Å²) in [6.07, 6.45) is 4.20. The Hall–Kier alpha value is -2.66. The summed E-state index contributed by atoms with van der Waals surface area (Å²) < 4.78 is 0. The smallest absolute Gasteiger partial charge is 0.245 e. The van der Waals surface area contributed by atoms with Gasteiger partial charge >= 0.3 is 0 Å². The fourth-order valence-corrected chi connectivity index (χ4v) is 4.14. The molecule has 166 valence electrons. The largest absolute Gasteiger partial charge is 0.343 e. The molecule has 1 saturated heterocycles. The number of nitrogens with one attached hydrogen (secondary N) is 1. The van der Waals surface area contributed by atoms with Crippen molar-refractivity contribution in [1.29, 1.82) is 0 Å². The summed E-state index contributed by atoms with van der Waals surface area (Å²) in [5.41, 5.74) is 7.53. The van der Waals surface area contributed by atoms with Gasteiger partial charge in [-0.1, -0.05) is 60.7 Å². The van der Waals surface area contributed by atoms with Crippen LogP contribution in [0, 0.1) is 0 Å². The number of piperidine rings is 1. The Morgan fingerprint density at radius 3 is 2.19 bits per heavy atom. The molecule has 3 rings (SSSR count). The molecule has 5 nitrogen and oxygen atoms in total. The molecule has 1 aliphatic heterocycles. The van der Waals surface area contributed by atoms with Crippen molar-refractivity contribution in [3.05, 3.63) is 71.8 Å². The van der Waals surface area contributed by atoms with E-state index < -0.39 is 11.6 Å². The van der Waals surface area contributed by atoms with E-state index in [4.69, 9.17) is 5.73 Å². The minimum Gasteiger partial charge on any atom is -0.343 e. The molecule has 1 heterocycles. The number of nitrogens with zero attached hydrogens (tertiary/aromatic N) is 1. The van der Waals surface area contributed by atoms with Crippen molar-refractivity contribution >= 4 is 11.8 Å². The molecular formula is C26H35N3O2. The van der Waals surface area contributed by atoms with Crippen molar-refractivity contribution in [1.82, 2.24) is 10.2 Å². The van der Waals surface area contributed by atoms with Crippen molar-refractivity contribution in [3.63, 3.8) is 0 Å². The van der Waals surface area contributed by atoms with Gasteiger partial charge in [0.05, 0.1) is 5.54 Å². The van der Waals surface area contributed by atoms with Crippen LogP contribution in [0.3, 0.4) is 0 Å². The highest BCUT2D eigenvalue weighted by molar-refractivity contribution is 5.91. The van der Waals surface area contributed by atoms with Gasteiger partial charge in [-0.15, -0.1) is 0 Å². The standard InChI is InChI=1S/C26H35N3O2/c1-26(2,27)25(31)28-23(15-9-12-20-10-5-3-6-11-20)24(30)29-18-16-22(17-19-29)21-13-7-4-8-14-21/h3-8,10-11,13-14,22-23H,9,12,15-19,27H2,1-2H3,(H,28,31)/t23-/m1/s1. The van der Waals surface area contributed by atoms with E-state index >= 15 is 0 Å². The Morgan fingerprint density at radius 1 is 1.03 bits per heavy atom. The zero-order valence-electron chi connectivity index (χ0n) is 18.7. The van der Waals surface area contributed by atoms with Crippen molar-refractivity contribution < 1.29 is 9.59 Å². The molecule has 3 N–H and O–H groups in total. The van der Waals surface area contributed by atoms with Gasteiger partial charge in [0.2, 0.25) is 11.8 Å². The van der Waals surface area contributed by atoms with Gasteiger partial charge in [0.15, 0.2) is 0 Å². The molecule has 5 heteroatoms. The second-order valence-electron chi connectivity index (χ2n) is 9.14. The molecule has 0 radical (unpaired) electrons. The van der Waals surface area contributed by atoms with Crippen LogP contribution in [0.15, 0.2) is 60.7 Å². The maximum absolute atomic E-state index is 13.3. The minimum atomic E-state index is -1.02. The summed E-state index contributed by atoms with van der Waals surface area (Å²) in [4.78, 5) is 27.8. The molecule has 0 aliphatic carbocycles. The van der Waals surface area contributed by atoms with Gasteiger partial charge in [-0.05, 0) is 63.0 Å². The van der Waals surface area contributed by atoms with Gasteiger partial charge in [-0.25, -0.2) is 0 Å². The van der Waals surface area contributed by atoms with Crippen LogP contribution < -0.4 is 11.1 Å². The summed E-state index contributed by atoms with van der Waals surface area (Å²) in [6.45, 7) is 4.77. The second kappa shape index (κ2) is 10.6. The predicted molar refractivity (Wildman–Crippen MR) is 125 cm³/mol. The Balaban J connectivity index is 1.60. The third-order valence-electron chi connectivity index (χ3n) is 6.07. The summed E-state index contributed by atoms with van der Waals surface area (Å²) >= 11 is 0. The number of carbonyl (C=O) groups excluding carboxylic acids is 2. The molecule has 2 aromatic rings. The fourth-order valence-electron chi connectivity index (χ4n) is 4.14. The monoisotopic (exact) mass is 421 g/mol. The normalized spacial score (nSPS) is 16.0. The molecule has 0 saturated carbocycles. The SMILES string of the molecule is CC(C)(N)C(=O)N[C@H](CCCc1ccccc1)C(=O)N1CCC(c2ccccc2)CC1. The van der Waals surface area contributed by atoms with Crippen LogP contribution in [0.5, 0.6) is 0 Å². The van der Waals surface area contributed by atoms with Crippen molar-refractivity contribution in [2.45, 2.75) is 63.5 Å². The van der Waals surface area contributed by atoms with Gasteiger partial charge in [0.25, 0.3) is 0 Å². The van der Waals surface area contributed by atoms with E-state index in [0.717, 1.165) is 38.8 Å². The quantitative estimate of drug-likeness (QED) is 0.683. The first-order valence-electron chi connectivity index (χ1n) is 11.3. The first kappa shape index (κ1) is 23.0. The molecule has 0 aromatic heterocycles. The highest BCUT2D eigenvalue weighted by atomic mass is 16.2. The van der Waals surface area contributed by atoms with Crippen LogP contribution in [0.1, 0.15) is 56.6 Å². The summed E-state index contributed by atoms with van der Waals surface area (Å²) in [5.74, 6) is 0.209. The Bertz CT molecular complexity index is 838. The van der Waals surface area contributed by atoms with E-state index in [2.05, 4.69) is 41.7 Å². The number of likely N-dealkylation sites (tertiary alicyclic amines) is 1. The van der Waals surface area contributed by atoms with Crippen molar-refractivity contribution in [3.8, 4) is 0 Å². The maximum Gasteiger partial charge on any atom is 0.245 e. The van der Waals surface area contributed by atoms with Crippen molar-refractivity contribution in [2.24, 2.45) is 5.73 Å². The number of nitrogens with two attached hydrogens (primary N) is 1. The lowest BCUT2D eigenvalue weighted by Crippen LogP contribution is -2.57. The predicted octanol–water partition coefficient (Wildman–Crippen LogP) is 3.64. The van der Waals surface area contributed by atoms with Crippen LogP contribution >= 0.6 is 0 Å². The van der Waals surface area contributed by atoms with Gasteiger partial charge < -0.3 is 16.0 Å². The number of hydrogen-bond acceptors (Lipinski definition) is 3. The van der Waals surface area contributed by atoms with Crippen LogP contribution in [0.4, 0.5) is 0 Å². The topological polar surface area (TPSA) is 75.4 Å². The first-order valence-corrected chi connectivity index (χ1v) is 11.3. The zero-order valence-corrected chi connectivity index (χ0v) is 18.7. The van der Waals surface area contributed by atoms with E-state index in [1.807, 2.05) is 29.2 Å². The second-order valence-corrected chi connectivity index (χ2v) is 9.14. The minimum absolute atomic E-state index is 0.0113. The Morgan fingerprint density at radius 2 is 1.61 bits per heavy atom. The van der Waals surface area contributed by atoms with E-state index in [9.17, 15) is 9.59 Å². The molecule has 1 aliphatic rings. The Kier molecular flexibility index (Phi) is 7.85. The average Bonchev–Trinajstić information content (AvgIpc) is 2.78. The van der Waals surface area contributed by atoms with Crippen molar-refractivity contribution in [2.75, 3.05) is 13.1 Å². The lowest BCUT2D eigenvalue weighted by Gasteiger charge is -2.35. The molecule has 2 aromatic carbocycles. The third-order valence-corrected chi connectivity index (χ3v) is 6.07. The summed E-state index contributed by atoms with van der Waals surface area (Å²) in [6, 6.07) is 20.2. The molecule has 1 fully saturated rings. The number of carbonyl (C=O) groups is 2. The molecule has 0 bridgehead atoms. The maximum atomic E-state index is 13.3. The van der Waals surface area contributed by atoms with Crippen LogP contribution in [0.2, 0.25) is 0 Å². The molecule has 31 heavy (non-hydrogen) atoms. The molecular weight excluding hydrogens is 386 g/mol. The summed E-state index contributed by atoms with van der Waals surface area (Å²) in [5, 5.41) is 2.93. The Labute approximate surface area is 186 Å². The number of amides is 2. The van der Waals surface area contributed by atoms with Crippen LogP contribution in [-0.4, -0.2) is 41.4 Å². The lowest BCUT2D eigenvalue weighted by atomic mass is 9.89. The van der Waals surface area contributed by atoms with Gasteiger partial charge in [-0.3, -0.25) is 9.59 Å². The van der Waals surface area contributed by atoms with Gasteiger partial charge in [0, 0.05) is 13.1 Å². The lowest BCUT2D eigenvalue weighted by molar-refractivity contribution is -0.138. The summed E-state index contributed by atoms with van der Waals surface area (Å²) in [7, 11) is 0.